The minimum atomic E-state index is -4.59. The highest BCUT2D eigenvalue weighted by atomic mass is 32.2. The van der Waals surface area contributed by atoms with Gasteiger partial charge in [0.05, 0.1) is 10.9 Å². The molecule has 4 saturated carbocycles. The second-order valence-corrected chi connectivity index (χ2v) is 11.4. The van der Waals surface area contributed by atoms with Gasteiger partial charge in [-0.25, -0.2) is 9.97 Å². The van der Waals surface area contributed by atoms with Crippen LogP contribution < -0.4 is 0 Å². The van der Waals surface area contributed by atoms with Gasteiger partial charge in [0.15, 0.2) is 5.16 Å². The van der Waals surface area contributed by atoms with Crippen LogP contribution in [0.4, 0.5) is 13.2 Å². The summed E-state index contributed by atoms with van der Waals surface area (Å²) in [6.07, 6.45) is 2.42. The zero-order valence-corrected chi connectivity index (χ0v) is 19.6. The summed E-state index contributed by atoms with van der Waals surface area (Å²) in [5.74, 6) is 2.06. The Labute approximate surface area is 196 Å². The van der Waals surface area contributed by atoms with E-state index in [1.54, 1.807) is 37.3 Å². The lowest BCUT2D eigenvalue weighted by Gasteiger charge is -2.60. The van der Waals surface area contributed by atoms with E-state index in [2.05, 4.69) is 9.97 Å². The van der Waals surface area contributed by atoms with E-state index in [0.717, 1.165) is 37.1 Å². The molecule has 4 nitrogen and oxygen atoms in total. The van der Waals surface area contributed by atoms with Crippen molar-refractivity contribution in [2.45, 2.75) is 67.6 Å². The van der Waals surface area contributed by atoms with Crippen molar-refractivity contribution < 1.29 is 18.0 Å². The summed E-state index contributed by atoms with van der Waals surface area (Å²) >= 11 is 1.01. The number of hydrogen-bond acceptors (Lipinski definition) is 4. The largest absolute Gasteiger partial charge is 0.433 e. The van der Waals surface area contributed by atoms with Crippen molar-refractivity contribution in [1.82, 2.24) is 14.9 Å². The molecule has 0 aliphatic heterocycles. The van der Waals surface area contributed by atoms with Crippen LogP contribution in [0.15, 0.2) is 41.6 Å². The third-order valence-corrected chi connectivity index (χ3v) is 8.69. The fourth-order valence-electron chi connectivity index (χ4n) is 6.57. The highest BCUT2D eigenvalue weighted by Crippen LogP contribution is 2.57. The van der Waals surface area contributed by atoms with Gasteiger partial charge in [0.25, 0.3) is 0 Å². The predicted octanol–water partition coefficient (Wildman–Crippen LogP) is 6.07. The van der Waals surface area contributed by atoms with E-state index in [0.29, 0.717) is 23.3 Å². The molecule has 0 unspecified atom stereocenters. The van der Waals surface area contributed by atoms with Crippen molar-refractivity contribution in [3.63, 3.8) is 0 Å². The summed E-state index contributed by atoms with van der Waals surface area (Å²) in [7, 11) is 1.88. The maximum Gasteiger partial charge on any atom is 0.433 e. The molecule has 1 heterocycles. The Hall–Kier alpha value is -2.09. The molecular formula is C25H28F3N3OS. The summed E-state index contributed by atoms with van der Waals surface area (Å²) in [6.45, 7) is 1.75. The molecule has 0 N–H and O–H groups in total. The number of aromatic nitrogens is 2. The minimum Gasteiger partial charge on any atom is -0.339 e. The lowest BCUT2D eigenvalue weighted by atomic mass is 9.52. The van der Waals surface area contributed by atoms with Gasteiger partial charge >= 0.3 is 6.18 Å². The van der Waals surface area contributed by atoms with E-state index in [4.69, 9.17) is 0 Å². The molecule has 1 atom stereocenters. The molecule has 0 saturated heterocycles. The number of amides is 1. The maximum absolute atomic E-state index is 13.5. The molecule has 4 bridgehead atoms. The number of carbonyl (C=O) groups is 1. The van der Waals surface area contributed by atoms with Gasteiger partial charge in [-0.05, 0) is 69.3 Å². The number of alkyl halides is 3. The van der Waals surface area contributed by atoms with Crippen LogP contribution in [-0.2, 0) is 11.0 Å². The van der Waals surface area contributed by atoms with Gasteiger partial charge in [0.2, 0.25) is 5.91 Å². The quantitative estimate of drug-likeness (QED) is 0.389. The monoisotopic (exact) mass is 475 g/mol. The molecule has 4 aliphatic carbocycles. The number of nitrogens with zero attached hydrogens (tertiary/aromatic N) is 3. The number of halogens is 3. The number of benzene rings is 1. The molecule has 1 aromatic carbocycles. The lowest BCUT2D eigenvalue weighted by molar-refractivity contribution is -0.146. The molecule has 4 fully saturated rings. The summed E-state index contributed by atoms with van der Waals surface area (Å²) < 4.78 is 40.6. The normalized spacial score (nSPS) is 29.2. The van der Waals surface area contributed by atoms with Crippen LogP contribution >= 0.6 is 11.8 Å². The van der Waals surface area contributed by atoms with Crippen molar-refractivity contribution in [2.24, 2.45) is 17.8 Å². The molecular weight excluding hydrogens is 447 g/mol. The Morgan fingerprint density at radius 3 is 2.18 bits per heavy atom. The Bertz CT molecular complexity index is 1010. The van der Waals surface area contributed by atoms with Gasteiger partial charge in [-0.1, -0.05) is 42.1 Å². The van der Waals surface area contributed by atoms with Crippen LogP contribution in [-0.4, -0.2) is 38.6 Å². The van der Waals surface area contributed by atoms with Gasteiger partial charge in [-0.3, -0.25) is 4.79 Å². The third kappa shape index (κ3) is 4.38. The van der Waals surface area contributed by atoms with Gasteiger partial charge < -0.3 is 4.90 Å². The highest BCUT2D eigenvalue weighted by Gasteiger charge is 2.54. The fraction of sp³-hybridized carbons (Fsp3) is 0.560. The Morgan fingerprint density at radius 1 is 1.06 bits per heavy atom. The molecule has 6 rings (SSSR count). The fourth-order valence-corrected chi connectivity index (χ4v) is 7.45. The first-order valence-corrected chi connectivity index (χ1v) is 12.5. The smallest absolute Gasteiger partial charge is 0.339 e. The van der Waals surface area contributed by atoms with Crippen molar-refractivity contribution in [1.29, 1.82) is 0 Å². The van der Waals surface area contributed by atoms with Crippen molar-refractivity contribution in [2.75, 3.05) is 7.05 Å². The van der Waals surface area contributed by atoms with Crippen molar-refractivity contribution in [3.05, 3.63) is 42.1 Å². The second-order valence-electron chi connectivity index (χ2n) is 10.1. The van der Waals surface area contributed by atoms with E-state index in [1.165, 1.54) is 19.3 Å². The summed E-state index contributed by atoms with van der Waals surface area (Å²) in [4.78, 5) is 23.5. The number of hydrogen-bond donors (Lipinski definition) is 0. The summed E-state index contributed by atoms with van der Waals surface area (Å²) in [5.41, 5.74) is -0.302. The SMILES string of the molecule is C[C@H](Sc1nc(-c2ccccc2)cc(C(F)(F)F)n1)C(=O)N(C)C12CC3CC(CC(C3)C1)C2. The first kappa shape index (κ1) is 22.7. The minimum absolute atomic E-state index is 0.0246. The van der Waals surface area contributed by atoms with Crippen LogP contribution in [0.2, 0.25) is 0 Å². The van der Waals surface area contributed by atoms with Crippen LogP contribution in [0.5, 0.6) is 0 Å². The molecule has 1 amide bonds. The van der Waals surface area contributed by atoms with E-state index in [9.17, 15) is 18.0 Å². The molecule has 2 aromatic rings. The topological polar surface area (TPSA) is 46.1 Å². The molecule has 0 radical (unpaired) electrons. The summed E-state index contributed by atoms with van der Waals surface area (Å²) in [5, 5.41) is -0.599. The van der Waals surface area contributed by atoms with E-state index in [1.807, 2.05) is 11.9 Å². The number of rotatable bonds is 5. The highest BCUT2D eigenvalue weighted by molar-refractivity contribution is 8.00. The molecule has 33 heavy (non-hydrogen) atoms. The van der Waals surface area contributed by atoms with Crippen LogP contribution in [0.3, 0.4) is 0 Å². The predicted molar refractivity (Wildman–Crippen MR) is 121 cm³/mol. The van der Waals surface area contributed by atoms with Gasteiger partial charge in [-0.2, -0.15) is 13.2 Å². The third-order valence-electron chi connectivity index (χ3n) is 7.74. The van der Waals surface area contributed by atoms with E-state index < -0.39 is 17.1 Å². The zero-order valence-electron chi connectivity index (χ0n) is 18.8. The van der Waals surface area contributed by atoms with Gasteiger partial charge in [-0.15, -0.1) is 0 Å². The maximum atomic E-state index is 13.5. The van der Waals surface area contributed by atoms with Crippen molar-refractivity contribution in [3.8, 4) is 11.3 Å². The average Bonchev–Trinajstić information content (AvgIpc) is 2.77. The Kier molecular flexibility index (Phi) is 5.70. The van der Waals surface area contributed by atoms with Crippen LogP contribution in [0.25, 0.3) is 11.3 Å². The molecule has 1 aromatic heterocycles. The molecule has 4 aliphatic rings. The van der Waals surface area contributed by atoms with Crippen molar-refractivity contribution >= 4 is 17.7 Å². The Balaban J connectivity index is 1.38. The molecule has 0 spiro atoms. The number of thioether (sulfide) groups is 1. The number of carbonyl (C=O) groups excluding carboxylic acids is 1. The van der Waals surface area contributed by atoms with Gasteiger partial charge in [0, 0.05) is 18.2 Å². The summed E-state index contributed by atoms with van der Waals surface area (Å²) in [6, 6.07) is 9.70. The van der Waals surface area contributed by atoms with Crippen LogP contribution in [0, 0.1) is 17.8 Å². The Morgan fingerprint density at radius 2 is 1.64 bits per heavy atom. The first-order chi connectivity index (χ1) is 15.6. The molecule has 8 heteroatoms. The van der Waals surface area contributed by atoms with Gasteiger partial charge in [0.1, 0.15) is 5.69 Å². The second kappa shape index (κ2) is 8.29. The lowest BCUT2D eigenvalue weighted by Crippen LogP contribution is -2.61. The van der Waals surface area contributed by atoms with E-state index >= 15 is 0 Å². The zero-order chi connectivity index (χ0) is 23.4. The van der Waals surface area contributed by atoms with Crippen LogP contribution in [0.1, 0.15) is 51.1 Å². The first-order valence-electron chi connectivity index (χ1n) is 11.6. The molecule has 176 valence electrons. The average molecular weight is 476 g/mol. The van der Waals surface area contributed by atoms with E-state index in [-0.39, 0.29) is 22.3 Å². The standard InChI is InChI=1S/C25H28F3N3OS/c1-15(22(32)31(2)24-12-16-8-17(13-24)10-18(9-16)14-24)33-23-29-20(19-6-4-3-5-7-19)11-21(30-23)25(26,27)28/h3-7,11,15-18H,8-10,12-14H2,1-2H3/t15-,16?,17?,18?,24?/m0/s1.